The average molecular weight is 365 g/mol. The number of hydrogen-bond acceptors (Lipinski definition) is 4. The van der Waals surface area contributed by atoms with Gasteiger partial charge in [-0.25, -0.2) is 4.79 Å². The van der Waals surface area contributed by atoms with E-state index in [1.54, 1.807) is 36.7 Å². The smallest absolute Gasteiger partial charge is 0.323 e. The number of carbonyl (C=O) groups is 2. The fourth-order valence-electron chi connectivity index (χ4n) is 2.64. The second kappa shape index (κ2) is 9.92. The molecule has 0 spiro atoms. The molecule has 140 valence electrons. The van der Waals surface area contributed by atoms with Crippen LogP contribution in [0.4, 0.5) is 16.2 Å². The van der Waals surface area contributed by atoms with Crippen molar-refractivity contribution in [1.82, 2.24) is 10.3 Å². The van der Waals surface area contributed by atoms with E-state index in [4.69, 9.17) is 5.26 Å². The van der Waals surface area contributed by atoms with Gasteiger partial charge in [0.05, 0.1) is 12.0 Å². The van der Waals surface area contributed by atoms with Gasteiger partial charge >= 0.3 is 6.03 Å². The van der Waals surface area contributed by atoms with Gasteiger partial charge < -0.3 is 16.0 Å². The van der Waals surface area contributed by atoms with Crippen LogP contribution in [0.5, 0.6) is 0 Å². The number of nitrogens with one attached hydrogen (secondary N) is 3. The summed E-state index contributed by atoms with van der Waals surface area (Å²) in [6.07, 6.45) is 3.86. The van der Waals surface area contributed by atoms with Crippen LogP contribution >= 0.6 is 0 Å². The number of anilines is 2. The summed E-state index contributed by atoms with van der Waals surface area (Å²) in [5, 5.41) is 16.7. The zero-order chi connectivity index (χ0) is 19.6. The summed E-state index contributed by atoms with van der Waals surface area (Å²) in [6, 6.07) is 12.1. The highest BCUT2D eigenvalue weighted by Crippen LogP contribution is 2.25. The molecule has 2 rings (SSSR count). The predicted molar refractivity (Wildman–Crippen MR) is 104 cm³/mol. The van der Waals surface area contributed by atoms with Gasteiger partial charge in [-0.2, -0.15) is 5.26 Å². The maximum atomic E-state index is 12.4. The minimum Gasteiger partial charge on any atom is -0.342 e. The van der Waals surface area contributed by atoms with Crippen molar-refractivity contribution in [2.45, 2.75) is 26.2 Å². The van der Waals surface area contributed by atoms with E-state index < -0.39 is 0 Å². The van der Waals surface area contributed by atoms with Gasteiger partial charge in [-0.3, -0.25) is 9.78 Å². The Balaban J connectivity index is 2.03. The fourth-order valence-corrected chi connectivity index (χ4v) is 2.64. The number of aromatic nitrogens is 1. The first-order valence-electron chi connectivity index (χ1n) is 8.72. The van der Waals surface area contributed by atoms with Gasteiger partial charge in [-0.05, 0) is 42.2 Å². The Kier molecular flexibility index (Phi) is 7.32. The van der Waals surface area contributed by atoms with Gasteiger partial charge in [-0.1, -0.05) is 26.0 Å². The molecular formula is C20H23N5O2. The third-order valence-electron chi connectivity index (χ3n) is 3.87. The molecule has 3 N–H and O–H groups in total. The third kappa shape index (κ3) is 6.44. The minimum absolute atomic E-state index is 0.0117. The summed E-state index contributed by atoms with van der Waals surface area (Å²) in [5.74, 6) is -0.175. The topological polar surface area (TPSA) is 107 Å². The van der Waals surface area contributed by atoms with Crippen molar-refractivity contribution >= 4 is 23.3 Å². The molecule has 2 aromatic rings. The third-order valence-corrected chi connectivity index (χ3v) is 3.87. The van der Waals surface area contributed by atoms with Crippen molar-refractivity contribution in [3.8, 4) is 6.07 Å². The second-order valence-electron chi connectivity index (χ2n) is 6.50. The van der Waals surface area contributed by atoms with E-state index in [1.807, 2.05) is 32.0 Å². The molecule has 0 aliphatic rings. The first-order chi connectivity index (χ1) is 13.0. The number of nitrogens with zero attached hydrogens (tertiary/aromatic N) is 2. The fraction of sp³-hybridized carbons (Fsp3) is 0.300. The molecule has 3 amide bonds. The molecule has 1 heterocycles. The highest BCUT2D eigenvalue weighted by atomic mass is 16.2. The number of amides is 3. The lowest BCUT2D eigenvalue weighted by molar-refractivity contribution is -0.122. The maximum absolute atomic E-state index is 12.4. The van der Waals surface area contributed by atoms with Crippen molar-refractivity contribution in [2.75, 3.05) is 17.2 Å². The molecule has 0 bridgehead atoms. The minimum atomic E-state index is -0.362. The molecular weight excluding hydrogens is 342 g/mol. The van der Waals surface area contributed by atoms with Gasteiger partial charge in [0.2, 0.25) is 5.91 Å². The maximum Gasteiger partial charge on any atom is 0.323 e. The van der Waals surface area contributed by atoms with Gasteiger partial charge in [0.15, 0.2) is 0 Å². The van der Waals surface area contributed by atoms with Crippen LogP contribution in [0, 0.1) is 17.2 Å². The van der Waals surface area contributed by atoms with E-state index in [-0.39, 0.29) is 24.4 Å². The summed E-state index contributed by atoms with van der Waals surface area (Å²) in [5.41, 5.74) is 2.11. The first-order valence-corrected chi connectivity index (χ1v) is 8.72. The zero-order valence-electron chi connectivity index (χ0n) is 15.4. The van der Waals surface area contributed by atoms with Crippen LogP contribution < -0.4 is 16.0 Å². The summed E-state index contributed by atoms with van der Waals surface area (Å²) < 4.78 is 0. The molecule has 1 aromatic heterocycles. The number of hydrogen-bond donors (Lipinski definition) is 3. The van der Waals surface area contributed by atoms with Gasteiger partial charge in [0, 0.05) is 23.8 Å². The molecule has 1 atom stereocenters. The largest absolute Gasteiger partial charge is 0.342 e. The molecule has 1 aromatic carbocycles. The second-order valence-corrected chi connectivity index (χ2v) is 6.50. The Bertz CT molecular complexity index is 797. The van der Waals surface area contributed by atoms with E-state index in [9.17, 15) is 9.59 Å². The van der Waals surface area contributed by atoms with Gasteiger partial charge in [0.1, 0.15) is 6.54 Å². The van der Waals surface area contributed by atoms with Crippen LogP contribution in [-0.4, -0.2) is 23.5 Å². The standard InChI is InChI=1S/C20H23N5O2/c1-14(2)13-18(19(26)23-12-9-21)15-3-5-16(6-4-15)24-20(27)25-17-7-10-22-11-8-17/h3-8,10-11,14,18H,12-13H2,1-2H3,(H,23,26)(H2,22,24,25,27). The number of nitriles is 1. The van der Waals surface area contributed by atoms with E-state index in [2.05, 4.69) is 20.9 Å². The lowest BCUT2D eigenvalue weighted by Crippen LogP contribution is -2.30. The molecule has 27 heavy (non-hydrogen) atoms. The number of urea groups is 1. The van der Waals surface area contributed by atoms with E-state index >= 15 is 0 Å². The molecule has 7 heteroatoms. The SMILES string of the molecule is CC(C)CC(C(=O)NCC#N)c1ccc(NC(=O)Nc2ccncc2)cc1. The highest BCUT2D eigenvalue weighted by Gasteiger charge is 2.21. The quantitative estimate of drug-likeness (QED) is 0.653. The predicted octanol–water partition coefficient (Wildman–Crippen LogP) is 3.50. The highest BCUT2D eigenvalue weighted by molar-refractivity contribution is 5.99. The lowest BCUT2D eigenvalue weighted by atomic mass is 9.89. The summed E-state index contributed by atoms with van der Waals surface area (Å²) in [7, 11) is 0. The number of rotatable bonds is 7. The molecule has 1 unspecified atom stereocenters. The molecule has 0 aliphatic heterocycles. The Morgan fingerprint density at radius 3 is 2.19 bits per heavy atom. The van der Waals surface area contributed by atoms with Crippen molar-refractivity contribution in [1.29, 1.82) is 5.26 Å². The summed E-state index contributed by atoms with van der Waals surface area (Å²) >= 11 is 0. The van der Waals surface area contributed by atoms with Crippen LogP contribution in [0.25, 0.3) is 0 Å². The number of carbonyl (C=O) groups excluding carboxylic acids is 2. The summed E-state index contributed by atoms with van der Waals surface area (Å²) in [4.78, 5) is 28.3. The van der Waals surface area contributed by atoms with Crippen molar-refractivity contribution in [2.24, 2.45) is 5.92 Å². The van der Waals surface area contributed by atoms with Crippen LogP contribution in [0.2, 0.25) is 0 Å². The van der Waals surface area contributed by atoms with E-state index in [0.717, 1.165) is 5.56 Å². The van der Waals surface area contributed by atoms with Crippen molar-refractivity contribution in [3.63, 3.8) is 0 Å². The molecule has 0 fully saturated rings. The van der Waals surface area contributed by atoms with Crippen molar-refractivity contribution in [3.05, 3.63) is 54.4 Å². The van der Waals surface area contributed by atoms with Crippen molar-refractivity contribution < 1.29 is 9.59 Å². The normalized spacial score (nSPS) is 11.3. The van der Waals surface area contributed by atoms with Gasteiger partial charge in [-0.15, -0.1) is 0 Å². The van der Waals surface area contributed by atoms with E-state index in [1.165, 1.54) is 0 Å². The molecule has 0 saturated heterocycles. The Morgan fingerprint density at radius 2 is 1.63 bits per heavy atom. The van der Waals surface area contributed by atoms with Crippen LogP contribution in [0.15, 0.2) is 48.8 Å². The Morgan fingerprint density at radius 1 is 1.04 bits per heavy atom. The monoisotopic (exact) mass is 365 g/mol. The molecule has 0 saturated carbocycles. The van der Waals surface area contributed by atoms with Crippen LogP contribution in [-0.2, 0) is 4.79 Å². The van der Waals surface area contributed by atoms with Gasteiger partial charge in [0.25, 0.3) is 0 Å². The molecule has 0 aliphatic carbocycles. The average Bonchev–Trinajstić information content (AvgIpc) is 2.65. The number of benzene rings is 1. The van der Waals surface area contributed by atoms with E-state index in [0.29, 0.717) is 23.7 Å². The number of pyridine rings is 1. The van der Waals surface area contributed by atoms with Crippen LogP contribution in [0.1, 0.15) is 31.7 Å². The molecule has 0 radical (unpaired) electrons. The Hall–Kier alpha value is -3.40. The zero-order valence-corrected chi connectivity index (χ0v) is 15.4. The summed E-state index contributed by atoms with van der Waals surface area (Å²) in [6.45, 7) is 4.08. The lowest BCUT2D eigenvalue weighted by Gasteiger charge is -2.19. The Labute approximate surface area is 158 Å². The van der Waals surface area contributed by atoms with Crippen LogP contribution in [0.3, 0.4) is 0 Å². The first kappa shape index (κ1) is 19.9. The molecule has 7 nitrogen and oxygen atoms in total.